The summed E-state index contributed by atoms with van der Waals surface area (Å²) in [6.07, 6.45) is -2.84. The lowest BCUT2D eigenvalue weighted by molar-refractivity contribution is -0.190. The summed E-state index contributed by atoms with van der Waals surface area (Å²) in [5.74, 6) is -1.77. The van der Waals surface area contributed by atoms with Gasteiger partial charge in [0.1, 0.15) is 5.82 Å². The van der Waals surface area contributed by atoms with Gasteiger partial charge in [0.2, 0.25) is 0 Å². The third-order valence-electron chi connectivity index (χ3n) is 3.74. The van der Waals surface area contributed by atoms with Crippen molar-refractivity contribution in [1.82, 2.24) is 9.88 Å². The Hall–Kier alpha value is -1.81. The Morgan fingerprint density at radius 2 is 2.00 bits per heavy atom. The topological polar surface area (TPSA) is 65.9 Å². The van der Waals surface area contributed by atoms with Crippen LogP contribution in [-0.4, -0.2) is 66.9 Å². The number of nitrogens with zero attached hydrogens (tertiary/aromatic N) is 3. The average Bonchev–Trinajstić information content (AvgIpc) is 2.55. The summed E-state index contributed by atoms with van der Waals surface area (Å²) in [5.41, 5.74) is -0.0130. The quantitative estimate of drug-likeness (QED) is 0.780. The molecule has 0 aliphatic carbocycles. The highest BCUT2D eigenvalue weighted by molar-refractivity contribution is 6.61. The summed E-state index contributed by atoms with van der Waals surface area (Å²) in [5, 5.41) is 9.55. The molecule has 1 N–H and O–H groups in total. The number of hydrogen-bond acceptors (Lipinski definition) is 6. The van der Waals surface area contributed by atoms with Gasteiger partial charge in [0, 0.05) is 37.8 Å². The highest BCUT2D eigenvalue weighted by atomic mass is 19.4. The van der Waals surface area contributed by atoms with E-state index in [1.54, 1.807) is 6.07 Å². The molecule has 1 aliphatic rings. The number of hydrogen-bond donors (Lipinski definition) is 1. The molecule has 132 valence electrons. The van der Waals surface area contributed by atoms with Crippen LogP contribution in [0.15, 0.2) is 18.3 Å². The van der Waals surface area contributed by atoms with Gasteiger partial charge in [-0.1, -0.05) is 13.0 Å². The lowest BCUT2D eigenvalue weighted by Crippen LogP contribution is -2.47. The van der Waals surface area contributed by atoms with E-state index in [0.29, 0.717) is 5.82 Å². The summed E-state index contributed by atoms with van der Waals surface area (Å²) in [6.45, 7) is 6.63. The summed E-state index contributed by atoms with van der Waals surface area (Å²) >= 11 is 0. The summed E-state index contributed by atoms with van der Waals surface area (Å²) in [7, 11) is -2.00. The Morgan fingerprint density at radius 3 is 2.50 bits per heavy atom. The Bertz CT molecular complexity index is 548. The number of carbonyl (C=O) groups excluding carboxylic acids is 1. The van der Waals surface area contributed by atoms with Crippen LogP contribution in [0.5, 0.6) is 0 Å². The average molecular weight is 345 g/mol. The number of rotatable bonds is 5. The van der Waals surface area contributed by atoms with E-state index in [4.69, 9.17) is 0 Å². The van der Waals surface area contributed by atoms with Crippen LogP contribution in [0, 0.1) is 0 Å². The second-order valence-corrected chi connectivity index (χ2v) is 5.53. The second kappa shape index (κ2) is 7.84. The molecule has 0 aromatic carbocycles. The molecule has 1 aliphatic heterocycles. The molecule has 2 heterocycles. The molecule has 6 nitrogen and oxygen atoms in total. The van der Waals surface area contributed by atoms with Crippen LogP contribution in [0.1, 0.15) is 13.3 Å². The molecule has 24 heavy (non-hydrogen) atoms. The fraction of sp³-hybridized carbons (Fsp3) is 0.571. The third kappa shape index (κ3) is 4.84. The highest BCUT2D eigenvalue weighted by Gasteiger charge is 2.43. The zero-order chi connectivity index (χ0) is 17.7. The van der Waals surface area contributed by atoms with Crippen LogP contribution < -0.4 is 10.4 Å². The lowest BCUT2D eigenvalue weighted by atomic mass is 9.81. The van der Waals surface area contributed by atoms with Gasteiger partial charge in [0.25, 0.3) is 0 Å². The smallest absolute Gasteiger partial charge is 0.499 e. The molecule has 0 radical (unpaired) electrons. The summed E-state index contributed by atoms with van der Waals surface area (Å²) in [4.78, 5) is 19.3. The largest absolute Gasteiger partial charge is 0.563 e. The fourth-order valence-corrected chi connectivity index (χ4v) is 2.48. The highest BCUT2D eigenvalue weighted by Crippen LogP contribution is 2.17. The van der Waals surface area contributed by atoms with Crippen LogP contribution in [0.2, 0.25) is 0 Å². The molecule has 1 aromatic heterocycles. The van der Waals surface area contributed by atoms with Gasteiger partial charge in [-0.2, -0.15) is 13.2 Å². The van der Waals surface area contributed by atoms with Crippen molar-refractivity contribution in [3.63, 3.8) is 0 Å². The van der Waals surface area contributed by atoms with Crippen molar-refractivity contribution < 1.29 is 27.6 Å². The van der Waals surface area contributed by atoms with E-state index in [2.05, 4.69) is 26.4 Å². The summed E-state index contributed by atoms with van der Waals surface area (Å²) < 4.78 is 40.3. The van der Waals surface area contributed by atoms with Gasteiger partial charge in [0.05, 0.1) is 0 Å². The SMILES string of the molecule is CCCN1CCN(c2ccc(B(O)OC(=O)C(F)(F)F)cn2)CC1. The molecular formula is C14H19BF3N3O3. The second-order valence-electron chi connectivity index (χ2n) is 5.53. The van der Waals surface area contributed by atoms with E-state index in [-0.39, 0.29) is 5.46 Å². The minimum Gasteiger partial charge on any atom is -0.499 e. The van der Waals surface area contributed by atoms with Crippen molar-refractivity contribution in [2.75, 3.05) is 37.6 Å². The van der Waals surface area contributed by atoms with E-state index in [9.17, 15) is 23.0 Å². The molecule has 0 amide bonds. The van der Waals surface area contributed by atoms with Crippen LogP contribution in [0.25, 0.3) is 0 Å². The maximum atomic E-state index is 12.1. The Labute approximate surface area is 138 Å². The molecule has 0 spiro atoms. The number of aromatic nitrogens is 1. The van der Waals surface area contributed by atoms with Gasteiger partial charge in [-0.15, -0.1) is 0 Å². The van der Waals surface area contributed by atoms with Crippen LogP contribution in [0.3, 0.4) is 0 Å². The van der Waals surface area contributed by atoms with Gasteiger partial charge >= 0.3 is 19.3 Å². The van der Waals surface area contributed by atoms with Crippen molar-refractivity contribution in [2.24, 2.45) is 0 Å². The Kier molecular flexibility index (Phi) is 6.06. The van der Waals surface area contributed by atoms with E-state index in [1.807, 2.05) is 0 Å². The van der Waals surface area contributed by atoms with Crippen LogP contribution in [0.4, 0.5) is 19.0 Å². The first kappa shape index (κ1) is 18.5. The molecule has 1 aromatic rings. The maximum absolute atomic E-state index is 12.1. The van der Waals surface area contributed by atoms with Crippen molar-refractivity contribution in [2.45, 2.75) is 19.5 Å². The van der Waals surface area contributed by atoms with Gasteiger partial charge < -0.3 is 14.6 Å². The van der Waals surface area contributed by atoms with E-state index < -0.39 is 19.3 Å². The first-order valence-electron chi connectivity index (χ1n) is 7.70. The molecule has 1 fully saturated rings. The Balaban J connectivity index is 1.92. The molecule has 2 rings (SSSR count). The fourth-order valence-electron chi connectivity index (χ4n) is 2.48. The van der Waals surface area contributed by atoms with Gasteiger partial charge in [-0.05, 0) is 19.0 Å². The van der Waals surface area contributed by atoms with E-state index in [1.165, 1.54) is 12.3 Å². The third-order valence-corrected chi connectivity index (χ3v) is 3.74. The Morgan fingerprint density at radius 1 is 1.33 bits per heavy atom. The minimum absolute atomic E-state index is 0.0130. The van der Waals surface area contributed by atoms with E-state index >= 15 is 0 Å². The number of anilines is 1. The van der Waals surface area contributed by atoms with Crippen molar-refractivity contribution in [3.05, 3.63) is 18.3 Å². The van der Waals surface area contributed by atoms with Gasteiger partial charge in [-0.25, -0.2) is 9.78 Å². The number of pyridine rings is 1. The van der Waals surface area contributed by atoms with Crippen LogP contribution in [-0.2, 0) is 9.45 Å². The molecule has 10 heteroatoms. The first-order chi connectivity index (χ1) is 11.3. The first-order valence-corrected chi connectivity index (χ1v) is 7.70. The number of piperazine rings is 1. The number of carbonyl (C=O) groups is 1. The lowest BCUT2D eigenvalue weighted by Gasteiger charge is -2.35. The summed E-state index contributed by atoms with van der Waals surface area (Å²) in [6, 6.07) is 2.99. The van der Waals surface area contributed by atoms with Gasteiger partial charge in [0.15, 0.2) is 0 Å². The molecule has 0 unspecified atom stereocenters. The van der Waals surface area contributed by atoms with Crippen molar-refractivity contribution in [3.8, 4) is 0 Å². The molecule has 1 saturated heterocycles. The molecule has 0 atom stereocenters. The van der Waals surface area contributed by atoms with Crippen molar-refractivity contribution >= 4 is 24.4 Å². The predicted molar refractivity (Wildman–Crippen MR) is 82.9 cm³/mol. The predicted octanol–water partition coefficient (Wildman–Crippen LogP) is 0.407. The maximum Gasteiger partial charge on any atom is 0.563 e. The number of halogens is 3. The molecular weight excluding hydrogens is 326 g/mol. The van der Waals surface area contributed by atoms with E-state index in [0.717, 1.165) is 39.1 Å². The minimum atomic E-state index is -5.15. The zero-order valence-corrected chi connectivity index (χ0v) is 13.3. The van der Waals surface area contributed by atoms with Crippen molar-refractivity contribution in [1.29, 1.82) is 0 Å². The number of alkyl halides is 3. The monoisotopic (exact) mass is 345 g/mol. The standard InChI is InChI=1S/C14H19BF3N3O3/c1-2-5-20-6-8-21(9-7-20)12-4-3-11(10-19-12)15(23)24-13(22)14(16,17)18/h3-4,10,23H,2,5-9H2,1H3. The molecule has 0 bridgehead atoms. The van der Waals surface area contributed by atoms with Crippen LogP contribution >= 0.6 is 0 Å². The molecule has 0 saturated carbocycles. The van der Waals surface area contributed by atoms with Gasteiger partial charge in [-0.3, -0.25) is 4.90 Å². The normalized spacial score (nSPS) is 16.1. The zero-order valence-electron chi connectivity index (χ0n) is 13.3.